The zero-order chi connectivity index (χ0) is 17.7. The number of rotatable bonds is 2. The van der Waals surface area contributed by atoms with Gasteiger partial charge in [0.05, 0.1) is 22.1 Å². The van der Waals surface area contributed by atoms with Crippen LogP contribution in [0.3, 0.4) is 0 Å². The molecular weight excluding hydrogens is 326 g/mol. The summed E-state index contributed by atoms with van der Waals surface area (Å²) in [6.07, 6.45) is 3.51. The summed E-state index contributed by atoms with van der Waals surface area (Å²) in [6.45, 7) is 0. The molecule has 0 atom stereocenters. The summed E-state index contributed by atoms with van der Waals surface area (Å²) in [5.74, 6) is 1.54. The average molecular weight is 341 g/mol. The molecule has 2 aromatic carbocycles. The van der Waals surface area contributed by atoms with Crippen LogP contribution >= 0.6 is 0 Å². The molecule has 3 heterocycles. The van der Waals surface area contributed by atoms with Gasteiger partial charge in [-0.1, -0.05) is 6.07 Å². The first-order valence-corrected chi connectivity index (χ1v) is 8.12. The van der Waals surface area contributed by atoms with Crippen molar-refractivity contribution in [2.45, 2.75) is 0 Å². The Kier molecular flexibility index (Phi) is 2.96. The van der Waals surface area contributed by atoms with Crippen molar-refractivity contribution in [2.75, 3.05) is 11.5 Å². The summed E-state index contributed by atoms with van der Waals surface area (Å²) in [4.78, 5) is 13.6. The zero-order valence-electron chi connectivity index (χ0n) is 13.7. The minimum atomic E-state index is 0.689. The smallest absolute Gasteiger partial charge is 0.140 e. The molecule has 0 aliphatic rings. The molecule has 0 saturated heterocycles. The molecule has 0 radical (unpaired) electrons. The lowest BCUT2D eigenvalue weighted by molar-refractivity contribution is 0.962. The van der Waals surface area contributed by atoms with Crippen LogP contribution < -0.4 is 11.5 Å². The molecular formula is C19H15N7. The number of nitrogens with two attached hydrogens (primary N) is 2. The second-order valence-electron chi connectivity index (χ2n) is 6.08. The van der Waals surface area contributed by atoms with E-state index in [1.54, 1.807) is 12.7 Å². The van der Waals surface area contributed by atoms with Gasteiger partial charge in [0.15, 0.2) is 0 Å². The maximum atomic E-state index is 5.84. The Labute approximate surface area is 148 Å². The van der Waals surface area contributed by atoms with Crippen molar-refractivity contribution in [3.63, 3.8) is 0 Å². The van der Waals surface area contributed by atoms with E-state index in [0.29, 0.717) is 11.4 Å². The molecule has 0 bridgehead atoms. The lowest BCUT2D eigenvalue weighted by atomic mass is 10.2. The van der Waals surface area contributed by atoms with Crippen LogP contribution in [0.15, 0.2) is 67.3 Å². The fourth-order valence-electron chi connectivity index (χ4n) is 3.11. The summed E-state index contributed by atoms with van der Waals surface area (Å²) in [7, 11) is 0. The summed E-state index contributed by atoms with van der Waals surface area (Å²) in [5.41, 5.74) is 16.6. The van der Waals surface area contributed by atoms with Crippen molar-refractivity contribution in [3.8, 4) is 11.6 Å². The first-order valence-electron chi connectivity index (χ1n) is 8.12. The van der Waals surface area contributed by atoms with E-state index in [0.717, 1.165) is 33.7 Å². The van der Waals surface area contributed by atoms with Gasteiger partial charge in [-0.25, -0.2) is 15.0 Å². The van der Waals surface area contributed by atoms with Gasteiger partial charge in [0.1, 0.15) is 24.3 Å². The zero-order valence-corrected chi connectivity index (χ0v) is 13.7. The Morgan fingerprint density at radius 2 is 1.15 bits per heavy atom. The number of hydrogen-bond acceptors (Lipinski definition) is 5. The van der Waals surface area contributed by atoms with E-state index in [9.17, 15) is 0 Å². The second kappa shape index (κ2) is 5.32. The van der Waals surface area contributed by atoms with Gasteiger partial charge in [0.25, 0.3) is 0 Å². The Bertz CT molecular complexity index is 1170. The highest BCUT2D eigenvalue weighted by Crippen LogP contribution is 2.22. The summed E-state index contributed by atoms with van der Waals surface area (Å²) in [6, 6.07) is 17.2. The van der Waals surface area contributed by atoms with Crippen molar-refractivity contribution < 1.29 is 0 Å². The van der Waals surface area contributed by atoms with Gasteiger partial charge in [-0.15, -0.1) is 0 Å². The Hall–Kier alpha value is -3.87. The topological polar surface area (TPSA) is 101 Å². The van der Waals surface area contributed by atoms with E-state index in [1.807, 2.05) is 63.7 Å². The number of nitrogen functional groups attached to an aromatic ring is 2. The number of fused-ring (bicyclic) bond motifs is 2. The van der Waals surface area contributed by atoms with E-state index in [-0.39, 0.29) is 0 Å². The lowest BCUT2D eigenvalue weighted by Gasteiger charge is -2.08. The first kappa shape index (κ1) is 14.5. The molecule has 0 unspecified atom stereocenters. The van der Waals surface area contributed by atoms with Gasteiger partial charge < -0.3 is 11.5 Å². The standard InChI is InChI=1S/C19H15N7/c20-12-4-6-16-14(8-12)22-10-25(16)18-2-1-3-19(24-18)26-11-23-15-9-13(21)5-7-17(15)26/h1-11H,20-21H2. The molecule has 0 aliphatic heterocycles. The maximum Gasteiger partial charge on any atom is 0.140 e. The van der Waals surface area contributed by atoms with E-state index in [4.69, 9.17) is 16.5 Å². The third-order valence-corrected chi connectivity index (χ3v) is 4.36. The van der Waals surface area contributed by atoms with E-state index < -0.39 is 0 Å². The predicted octanol–water partition coefficient (Wildman–Crippen LogP) is 2.92. The number of benzene rings is 2. The second-order valence-corrected chi connectivity index (χ2v) is 6.08. The minimum absolute atomic E-state index is 0.689. The van der Waals surface area contributed by atoms with Gasteiger partial charge in [0.2, 0.25) is 0 Å². The molecule has 4 N–H and O–H groups in total. The van der Waals surface area contributed by atoms with Crippen LogP contribution in [-0.4, -0.2) is 24.1 Å². The van der Waals surface area contributed by atoms with Gasteiger partial charge >= 0.3 is 0 Å². The highest BCUT2D eigenvalue weighted by atomic mass is 15.2. The normalized spacial score (nSPS) is 11.4. The fraction of sp³-hybridized carbons (Fsp3) is 0. The summed E-state index contributed by atoms with van der Waals surface area (Å²) < 4.78 is 3.88. The van der Waals surface area contributed by atoms with Crippen molar-refractivity contribution in [1.82, 2.24) is 24.1 Å². The SMILES string of the molecule is Nc1ccc2c(c1)ncn2-c1cccc(-n2cnc3cc(N)ccc32)n1. The van der Waals surface area contributed by atoms with E-state index >= 15 is 0 Å². The van der Waals surface area contributed by atoms with E-state index in [1.165, 1.54) is 0 Å². The average Bonchev–Trinajstić information content (AvgIpc) is 3.25. The monoisotopic (exact) mass is 341 g/mol. The predicted molar refractivity (Wildman–Crippen MR) is 102 cm³/mol. The fourth-order valence-corrected chi connectivity index (χ4v) is 3.11. The summed E-state index contributed by atoms with van der Waals surface area (Å²) >= 11 is 0. The number of hydrogen-bond donors (Lipinski definition) is 2. The van der Waals surface area contributed by atoms with Crippen molar-refractivity contribution in [3.05, 3.63) is 67.3 Å². The molecule has 0 fully saturated rings. The third-order valence-electron chi connectivity index (χ3n) is 4.36. The van der Waals surface area contributed by atoms with E-state index in [2.05, 4.69) is 9.97 Å². The molecule has 0 saturated carbocycles. The van der Waals surface area contributed by atoms with Crippen molar-refractivity contribution in [2.24, 2.45) is 0 Å². The Morgan fingerprint density at radius 1 is 0.654 bits per heavy atom. The molecule has 26 heavy (non-hydrogen) atoms. The minimum Gasteiger partial charge on any atom is -0.399 e. The number of imidazole rings is 2. The lowest BCUT2D eigenvalue weighted by Crippen LogP contribution is -2.01. The molecule has 7 heteroatoms. The molecule has 5 aromatic rings. The molecule has 126 valence electrons. The summed E-state index contributed by atoms with van der Waals surface area (Å²) in [5, 5.41) is 0. The van der Waals surface area contributed by atoms with Crippen LogP contribution in [0.5, 0.6) is 0 Å². The van der Waals surface area contributed by atoms with Crippen LogP contribution in [0, 0.1) is 0 Å². The number of anilines is 2. The van der Waals surface area contributed by atoms with Crippen LogP contribution in [0.2, 0.25) is 0 Å². The van der Waals surface area contributed by atoms with Crippen LogP contribution in [0.25, 0.3) is 33.7 Å². The number of pyridine rings is 1. The van der Waals surface area contributed by atoms with Crippen molar-refractivity contribution in [1.29, 1.82) is 0 Å². The molecule has 0 aliphatic carbocycles. The molecule has 7 nitrogen and oxygen atoms in total. The number of aromatic nitrogens is 5. The highest BCUT2D eigenvalue weighted by Gasteiger charge is 2.10. The first-order chi connectivity index (χ1) is 12.7. The third kappa shape index (κ3) is 2.18. The molecule has 0 spiro atoms. The van der Waals surface area contributed by atoms with Gasteiger partial charge in [-0.3, -0.25) is 9.13 Å². The molecule has 3 aromatic heterocycles. The van der Waals surface area contributed by atoms with Crippen LogP contribution in [0.1, 0.15) is 0 Å². The largest absolute Gasteiger partial charge is 0.399 e. The molecule has 5 rings (SSSR count). The quantitative estimate of drug-likeness (QED) is 0.481. The molecule has 0 amide bonds. The Balaban J connectivity index is 1.66. The van der Waals surface area contributed by atoms with Gasteiger partial charge in [0, 0.05) is 11.4 Å². The van der Waals surface area contributed by atoms with Gasteiger partial charge in [-0.05, 0) is 48.5 Å². The highest BCUT2D eigenvalue weighted by molar-refractivity contribution is 5.81. The van der Waals surface area contributed by atoms with Crippen LogP contribution in [-0.2, 0) is 0 Å². The van der Waals surface area contributed by atoms with Crippen molar-refractivity contribution >= 4 is 33.4 Å². The number of nitrogens with zero attached hydrogens (tertiary/aromatic N) is 5. The Morgan fingerprint density at radius 3 is 1.65 bits per heavy atom. The maximum absolute atomic E-state index is 5.84. The van der Waals surface area contributed by atoms with Crippen LogP contribution in [0.4, 0.5) is 11.4 Å². The van der Waals surface area contributed by atoms with Gasteiger partial charge in [-0.2, -0.15) is 0 Å².